The van der Waals surface area contributed by atoms with Gasteiger partial charge in [0.25, 0.3) is 0 Å². The fourth-order valence-electron chi connectivity index (χ4n) is 2.67. The van der Waals surface area contributed by atoms with E-state index in [1.165, 1.54) is 4.88 Å². The lowest BCUT2D eigenvalue weighted by Gasteiger charge is -2.33. The molecule has 134 valence electrons. The lowest BCUT2D eigenvalue weighted by atomic mass is 10.3. The van der Waals surface area contributed by atoms with Crippen molar-refractivity contribution in [2.75, 3.05) is 52.4 Å². The number of amides is 2. The van der Waals surface area contributed by atoms with E-state index in [0.717, 1.165) is 45.6 Å². The van der Waals surface area contributed by atoms with E-state index in [-0.39, 0.29) is 11.8 Å². The summed E-state index contributed by atoms with van der Waals surface area (Å²) in [5.41, 5.74) is 0. The van der Waals surface area contributed by atoms with Gasteiger partial charge in [0.05, 0.1) is 13.1 Å². The van der Waals surface area contributed by atoms with Crippen LogP contribution in [0.2, 0.25) is 0 Å². The maximum Gasteiger partial charge on any atom is 0.234 e. The number of nitrogens with zero attached hydrogens (tertiary/aromatic N) is 2. The third-order valence-electron chi connectivity index (χ3n) is 4.05. The molecule has 0 spiro atoms. The molecule has 2 rings (SSSR count). The number of carbonyl (C=O) groups excluding carboxylic acids is 2. The van der Waals surface area contributed by atoms with Gasteiger partial charge in [-0.3, -0.25) is 19.4 Å². The van der Waals surface area contributed by atoms with Crippen LogP contribution in [0.1, 0.15) is 18.2 Å². The van der Waals surface area contributed by atoms with Gasteiger partial charge in [0.15, 0.2) is 0 Å². The van der Waals surface area contributed by atoms with E-state index >= 15 is 0 Å². The predicted octanol–water partition coefficient (Wildman–Crippen LogP) is 0.551. The number of thiophene rings is 1. The zero-order valence-electron chi connectivity index (χ0n) is 14.4. The van der Waals surface area contributed by atoms with Crippen molar-refractivity contribution in [3.8, 4) is 0 Å². The number of piperazine rings is 1. The van der Waals surface area contributed by atoms with Crippen LogP contribution in [0.25, 0.3) is 0 Å². The Labute approximate surface area is 148 Å². The average molecular weight is 353 g/mol. The lowest BCUT2D eigenvalue weighted by molar-refractivity contribution is -0.125. The molecule has 0 bridgehead atoms. The standard InChI is InChI=1S/C17H28N4O2S/c1-2-6-18-16(22)13-20-8-10-21(11-9-20)14-17(23)19-7-5-15-4-3-12-24-15/h3-4,12H,2,5-11,13-14H2,1H3,(H,18,22)(H,19,23). The Morgan fingerprint density at radius 3 is 2.12 bits per heavy atom. The van der Waals surface area contributed by atoms with Crippen molar-refractivity contribution in [2.45, 2.75) is 19.8 Å². The van der Waals surface area contributed by atoms with Crippen LogP contribution in [0, 0.1) is 0 Å². The molecule has 1 aromatic heterocycles. The van der Waals surface area contributed by atoms with Crippen LogP contribution in [0.5, 0.6) is 0 Å². The molecule has 0 saturated carbocycles. The van der Waals surface area contributed by atoms with Crippen LogP contribution in [-0.2, 0) is 16.0 Å². The molecule has 7 heteroatoms. The molecule has 0 radical (unpaired) electrons. The Morgan fingerprint density at radius 2 is 1.62 bits per heavy atom. The molecule has 0 aliphatic carbocycles. The Hall–Kier alpha value is -1.44. The number of nitrogens with one attached hydrogen (secondary N) is 2. The third-order valence-corrected chi connectivity index (χ3v) is 4.98. The molecule has 0 unspecified atom stereocenters. The van der Waals surface area contributed by atoms with Crippen molar-refractivity contribution in [1.29, 1.82) is 0 Å². The highest BCUT2D eigenvalue weighted by Crippen LogP contribution is 2.08. The minimum absolute atomic E-state index is 0.0840. The maximum atomic E-state index is 12.0. The van der Waals surface area contributed by atoms with Gasteiger partial charge in [0.2, 0.25) is 11.8 Å². The first-order valence-electron chi connectivity index (χ1n) is 8.68. The number of carbonyl (C=O) groups is 2. The first-order chi connectivity index (χ1) is 11.7. The molecule has 0 atom stereocenters. The molecule has 6 nitrogen and oxygen atoms in total. The monoisotopic (exact) mass is 352 g/mol. The molecule has 1 aromatic rings. The van der Waals surface area contributed by atoms with Gasteiger partial charge in [-0.1, -0.05) is 13.0 Å². The summed E-state index contributed by atoms with van der Waals surface area (Å²) in [6, 6.07) is 4.12. The summed E-state index contributed by atoms with van der Waals surface area (Å²) in [6.07, 6.45) is 1.85. The normalized spacial score (nSPS) is 16.0. The van der Waals surface area contributed by atoms with E-state index in [4.69, 9.17) is 0 Å². The van der Waals surface area contributed by atoms with Gasteiger partial charge < -0.3 is 10.6 Å². The van der Waals surface area contributed by atoms with Gasteiger partial charge in [-0.2, -0.15) is 0 Å². The summed E-state index contributed by atoms with van der Waals surface area (Å²) in [7, 11) is 0. The highest BCUT2D eigenvalue weighted by Gasteiger charge is 2.20. The Morgan fingerprint density at radius 1 is 1.04 bits per heavy atom. The predicted molar refractivity (Wildman–Crippen MR) is 97.2 cm³/mol. The largest absolute Gasteiger partial charge is 0.355 e. The molecule has 2 amide bonds. The summed E-state index contributed by atoms with van der Waals surface area (Å²) in [4.78, 5) is 29.3. The van der Waals surface area contributed by atoms with Crippen molar-refractivity contribution in [2.24, 2.45) is 0 Å². The second-order valence-electron chi connectivity index (χ2n) is 6.08. The SMILES string of the molecule is CCCNC(=O)CN1CCN(CC(=O)NCCc2cccs2)CC1. The molecular weight excluding hydrogens is 324 g/mol. The molecule has 1 aliphatic rings. The van der Waals surface area contributed by atoms with Crippen LogP contribution < -0.4 is 10.6 Å². The number of hydrogen-bond acceptors (Lipinski definition) is 5. The molecule has 0 aromatic carbocycles. The quantitative estimate of drug-likeness (QED) is 0.681. The van der Waals surface area contributed by atoms with Crippen molar-refractivity contribution in [1.82, 2.24) is 20.4 Å². The molecule has 1 aliphatic heterocycles. The minimum atomic E-state index is 0.0840. The lowest BCUT2D eigenvalue weighted by Crippen LogP contribution is -2.51. The topological polar surface area (TPSA) is 64.7 Å². The van der Waals surface area contributed by atoms with Crippen LogP contribution >= 0.6 is 11.3 Å². The molecule has 1 fully saturated rings. The summed E-state index contributed by atoms with van der Waals surface area (Å²) in [5.74, 6) is 0.178. The summed E-state index contributed by atoms with van der Waals surface area (Å²) >= 11 is 1.72. The van der Waals surface area contributed by atoms with Crippen molar-refractivity contribution >= 4 is 23.2 Å². The van der Waals surface area contributed by atoms with Crippen LogP contribution in [0.4, 0.5) is 0 Å². The van der Waals surface area contributed by atoms with Crippen LogP contribution in [0.3, 0.4) is 0 Å². The minimum Gasteiger partial charge on any atom is -0.355 e. The first-order valence-corrected chi connectivity index (χ1v) is 9.56. The second-order valence-corrected chi connectivity index (χ2v) is 7.11. The zero-order valence-corrected chi connectivity index (χ0v) is 15.2. The van der Waals surface area contributed by atoms with Gasteiger partial charge in [-0.15, -0.1) is 11.3 Å². The molecular formula is C17H28N4O2S. The van der Waals surface area contributed by atoms with E-state index in [9.17, 15) is 9.59 Å². The zero-order chi connectivity index (χ0) is 17.2. The Bertz CT molecular complexity index is 499. The van der Waals surface area contributed by atoms with E-state index in [2.05, 4.69) is 31.9 Å². The van der Waals surface area contributed by atoms with Crippen LogP contribution in [0.15, 0.2) is 17.5 Å². The van der Waals surface area contributed by atoms with Gasteiger partial charge in [0, 0.05) is 44.1 Å². The highest BCUT2D eigenvalue weighted by atomic mass is 32.1. The van der Waals surface area contributed by atoms with E-state index < -0.39 is 0 Å². The van der Waals surface area contributed by atoms with E-state index in [1.807, 2.05) is 13.0 Å². The van der Waals surface area contributed by atoms with E-state index in [0.29, 0.717) is 19.6 Å². The smallest absolute Gasteiger partial charge is 0.234 e. The third kappa shape index (κ3) is 6.98. The number of hydrogen-bond donors (Lipinski definition) is 2. The Kier molecular flexibility index (Phi) is 8.21. The van der Waals surface area contributed by atoms with Crippen LogP contribution in [-0.4, -0.2) is 74.0 Å². The first kappa shape index (κ1) is 18.9. The fourth-order valence-corrected chi connectivity index (χ4v) is 3.38. The van der Waals surface area contributed by atoms with Gasteiger partial charge >= 0.3 is 0 Å². The van der Waals surface area contributed by atoms with Crippen molar-refractivity contribution in [3.63, 3.8) is 0 Å². The summed E-state index contributed by atoms with van der Waals surface area (Å²) in [6.45, 7) is 7.72. The fraction of sp³-hybridized carbons (Fsp3) is 0.647. The van der Waals surface area contributed by atoms with Gasteiger partial charge in [-0.05, 0) is 24.3 Å². The summed E-state index contributed by atoms with van der Waals surface area (Å²) in [5, 5.41) is 7.94. The van der Waals surface area contributed by atoms with E-state index in [1.54, 1.807) is 11.3 Å². The van der Waals surface area contributed by atoms with Crippen molar-refractivity contribution < 1.29 is 9.59 Å². The second kappa shape index (κ2) is 10.4. The summed E-state index contributed by atoms with van der Waals surface area (Å²) < 4.78 is 0. The molecule has 2 N–H and O–H groups in total. The maximum absolute atomic E-state index is 12.0. The average Bonchev–Trinajstić information content (AvgIpc) is 3.08. The molecule has 24 heavy (non-hydrogen) atoms. The molecule has 2 heterocycles. The van der Waals surface area contributed by atoms with Crippen molar-refractivity contribution in [3.05, 3.63) is 22.4 Å². The van der Waals surface area contributed by atoms with Gasteiger partial charge in [0.1, 0.15) is 0 Å². The molecule has 1 saturated heterocycles. The Balaban J connectivity index is 1.56. The highest BCUT2D eigenvalue weighted by molar-refractivity contribution is 7.09. The number of rotatable bonds is 9. The van der Waals surface area contributed by atoms with Gasteiger partial charge in [-0.25, -0.2) is 0 Å².